The molecule has 0 unspecified atom stereocenters. The summed E-state index contributed by atoms with van der Waals surface area (Å²) in [5.74, 6) is 2.89. The van der Waals surface area contributed by atoms with Crippen LogP contribution in [-0.2, 0) is 0 Å². The number of hydrogen-bond donors (Lipinski definition) is 1. The monoisotopic (exact) mass is 345 g/mol. The highest BCUT2D eigenvalue weighted by molar-refractivity contribution is 5.77. The Balaban J connectivity index is 1.62. The van der Waals surface area contributed by atoms with Crippen LogP contribution in [0.1, 0.15) is 0 Å². The lowest BCUT2D eigenvalue weighted by Crippen LogP contribution is -2.15. The van der Waals surface area contributed by atoms with E-state index in [4.69, 9.17) is 9.47 Å². The number of nitrogens with zero attached hydrogens (tertiary/aromatic N) is 4. The predicted molar refractivity (Wildman–Crippen MR) is 96.9 cm³/mol. The number of fused-ring (bicyclic) bond motifs is 2. The number of hydrogen-bond acceptors (Lipinski definition) is 6. The maximum absolute atomic E-state index is 5.67. The Morgan fingerprint density at radius 3 is 2.69 bits per heavy atom. The van der Waals surface area contributed by atoms with Crippen LogP contribution in [0.3, 0.4) is 0 Å². The molecule has 4 aromatic rings. The van der Waals surface area contributed by atoms with Crippen molar-refractivity contribution < 1.29 is 9.47 Å². The van der Waals surface area contributed by atoms with Gasteiger partial charge in [0.2, 0.25) is 5.78 Å². The zero-order valence-corrected chi connectivity index (χ0v) is 13.8. The quantitative estimate of drug-likeness (QED) is 0.614. The van der Waals surface area contributed by atoms with Gasteiger partial charge < -0.3 is 14.8 Å². The maximum Gasteiger partial charge on any atom is 0.236 e. The number of aromatic nitrogens is 4. The topological polar surface area (TPSA) is 73.6 Å². The van der Waals surface area contributed by atoms with Crippen molar-refractivity contribution in [2.24, 2.45) is 0 Å². The van der Waals surface area contributed by atoms with E-state index >= 15 is 0 Å². The average molecular weight is 345 g/mol. The van der Waals surface area contributed by atoms with Crippen LogP contribution in [0, 0.1) is 0 Å². The average Bonchev–Trinajstić information content (AvgIpc) is 3.07. The number of ether oxygens (including phenoxy) is 2. The summed E-state index contributed by atoms with van der Waals surface area (Å²) in [6.45, 7) is 1.12. The number of nitrogens with one attached hydrogen (secondary N) is 1. The van der Waals surface area contributed by atoms with Crippen molar-refractivity contribution >= 4 is 17.3 Å². The molecule has 0 amide bonds. The molecule has 26 heavy (non-hydrogen) atoms. The van der Waals surface area contributed by atoms with Crippen molar-refractivity contribution in [3.05, 3.63) is 61.1 Å². The predicted octanol–water partition coefficient (Wildman–Crippen LogP) is 3.31. The molecule has 3 aromatic heterocycles. The van der Waals surface area contributed by atoms with Gasteiger partial charge in [-0.3, -0.25) is 9.38 Å². The molecule has 0 saturated heterocycles. The van der Waals surface area contributed by atoms with Crippen LogP contribution in [0.2, 0.25) is 0 Å². The summed E-state index contributed by atoms with van der Waals surface area (Å²) in [5.41, 5.74) is 2.38. The van der Waals surface area contributed by atoms with Gasteiger partial charge in [0.15, 0.2) is 11.5 Å². The molecule has 0 fully saturated rings. The van der Waals surface area contributed by atoms with Gasteiger partial charge in [-0.25, -0.2) is 9.97 Å². The molecule has 1 aliphatic rings. The third-order valence-corrected chi connectivity index (χ3v) is 4.12. The Hall–Kier alpha value is -3.61. The smallest absolute Gasteiger partial charge is 0.236 e. The molecule has 128 valence electrons. The minimum atomic E-state index is 0.551. The molecule has 0 bridgehead atoms. The van der Waals surface area contributed by atoms with Gasteiger partial charge in [-0.05, 0) is 30.3 Å². The lowest BCUT2D eigenvalue weighted by atomic mass is 10.2. The first-order chi connectivity index (χ1) is 12.9. The third kappa shape index (κ3) is 2.50. The Kier molecular flexibility index (Phi) is 3.41. The summed E-state index contributed by atoms with van der Waals surface area (Å²) in [6, 6.07) is 13.4. The van der Waals surface area contributed by atoms with E-state index in [1.54, 1.807) is 12.4 Å². The zero-order chi connectivity index (χ0) is 17.3. The van der Waals surface area contributed by atoms with E-state index in [1.165, 1.54) is 0 Å². The SMILES string of the molecule is c1ccc(-c2nc3ncccn3c2Nc2ccc3c(c2)OCCO3)nc1. The zero-order valence-electron chi connectivity index (χ0n) is 13.8. The molecule has 1 aromatic carbocycles. The minimum absolute atomic E-state index is 0.551. The summed E-state index contributed by atoms with van der Waals surface area (Å²) in [4.78, 5) is 13.4. The largest absolute Gasteiger partial charge is 0.486 e. The van der Waals surface area contributed by atoms with Gasteiger partial charge in [0.25, 0.3) is 0 Å². The Labute approximate surface area is 149 Å². The highest BCUT2D eigenvalue weighted by Crippen LogP contribution is 2.35. The molecule has 0 aliphatic carbocycles. The summed E-state index contributed by atoms with van der Waals surface area (Å²) in [5, 5.41) is 3.43. The standard InChI is InChI=1S/C19H15N5O2/c1-2-7-20-14(4-1)17-18(24-9-3-8-21-19(24)23-17)22-13-5-6-15-16(12-13)26-11-10-25-15/h1-9,12,22H,10-11H2. The summed E-state index contributed by atoms with van der Waals surface area (Å²) in [6.07, 6.45) is 5.39. The lowest BCUT2D eigenvalue weighted by molar-refractivity contribution is 0.171. The van der Waals surface area contributed by atoms with E-state index < -0.39 is 0 Å². The minimum Gasteiger partial charge on any atom is -0.486 e. The number of imidazole rings is 1. The second-order valence-electron chi connectivity index (χ2n) is 5.80. The van der Waals surface area contributed by atoms with Crippen LogP contribution in [0.4, 0.5) is 11.5 Å². The molecule has 0 saturated carbocycles. The molecule has 1 N–H and O–H groups in total. The van der Waals surface area contributed by atoms with Crippen LogP contribution in [0.15, 0.2) is 61.1 Å². The molecular formula is C19H15N5O2. The van der Waals surface area contributed by atoms with Gasteiger partial charge in [0, 0.05) is 30.3 Å². The summed E-state index contributed by atoms with van der Waals surface area (Å²) >= 11 is 0. The first-order valence-corrected chi connectivity index (χ1v) is 8.30. The van der Waals surface area contributed by atoms with Crippen molar-refractivity contribution in [3.63, 3.8) is 0 Å². The van der Waals surface area contributed by atoms with E-state index in [2.05, 4.69) is 20.3 Å². The van der Waals surface area contributed by atoms with Crippen LogP contribution >= 0.6 is 0 Å². The summed E-state index contributed by atoms with van der Waals surface area (Å²) in [7, 11) is 0. The molecule has 5 rings (SSSR count). The van der Waals surface area contributed by atoms with E-state index in [9.17, 15) is 0 Å². The Morgan fingerprint density at radius 1 is 0.923 bits per heavy atom. The molecule has 7 heteroatoms. The van der Waals surface area contributed by atoms with Gasteiger partial charge in [0.05, 0.1) is 5.69 Å². The van der Waals surface area contributed by atoms with E-state index in [1.807, 2.05) is 53.1 Å². The first-order valence-electron chi connectivity index (χ1n) is 8.30. The first kappa shape index (κ1) is 14.7. The van der Waals surface area contributed by atoms with Gasteiger partial charge >= 0.3 is 0 Å². The number of pyridine rings is 1. The van der Waals surface area contributed by atoms with Gasteiger partial charge in [-0.1, -0.05) is 6.07 Å². The summed E-state index contributed by atoms with van der Waals surface area (Å²) < 4.78 is 13.2. The Morgan fingerprint density at radius 2 is 1.81 bits per heavy atom. The second kappa shape index (κ2) is 6.03. The number of anilines is 2. The molecule has 7 nitrogen and oxygen atoms in total. The van der Waals surface area contributed by atoms with Crippen molar-refractivity contribution in [1.29, 1.82) is 0 Å². The van der Waals surface area contributed by atoms with E-state index in [0.29, 0.717) is 19.0 Å². The van der Waals surface area contributed by atoms with Gasteiger partial charge in [-0.15, -0.1) is 0 Å². The maximum atomic E-state index is 5.67. The molecular weight excluding hydrogens is 330 g/mol. The van der Waals surface area contributed by atoms with Crippen LogP contribution in [-0.4, -0.2) is 32.6 Å². The molecule has 4 heterocycles. The highest BCUT2D eigenvalue weighted by Gasteiger charge is 2.17. The van der Waals surface area contributed by atoms with Crippen molar-refractivity contribution in [3.8, 4) is 22.9 Å². The van der Waals surface area contributed by atoms with Gasteiger partial charge in [-0.2, -0.15) is 0 Å². The normalized spacial score (nSPS) is 12.9. The van der Waals surface area contributed by atoms with Gasteiger partial charge in [0.1, 0.15) is 24.7 Å². The Bertz CT molecular complexity index is 1080. The lowest BCUT2D eigenvalue weighted by Gasteiger charge is -2.19. The fraction of sp³-hybridized carbons (Fsp3) is 0.105. The molecule has 0 atom stereocenters. The van der Waals surface area contributed by atoms with Crippen molar-refractivity contribution in [2.45, 2.75) is 0 Å². The van der Waals surface area contributed by atoms with Crippen molar-refractivity contribution in [2.75, 3.05) is 18.5 Å². The van der Waals surface area contributed by atoms with Crippen LogP contribution < -0.4 is 14.8 Å². The van der Waals surface area contributed by atoms with E-state index in [-0.39, 0.29) is 0 Å². The fourth-order valence-corrected chi connectivity index (χ4v) is 2.95. The van der Waals surface area contributed by atoms with Crippen LogP contribution in [0.5, 0.6) is 11.5 Å². The molecule has 0 radical (unpaired) electrons. The third-order valence-electron chi connectivity index (χ3n) is 4.12. The van der Waals surface area contributed by atoms with E-state index in [0.717, 1.165) is 34.4 Å². The molecule has 1 aliphatic heterocycles. The second-order valence-corrected chi connectivity index (χ2v) is 5.80. The highest BCUT2D eigenvalue weighted by atomic mass is 16.6. The molecule has 0 spiro atoms. The van der Waals surface area contributed by atoms with Crippen LogP contribution in [0.25, 0.3) is 17.2 Å². The fourth-order valence-electron chi connectivity index (χ4n) is 2.95. The number of rotatable bonds is 3. The van der Waals surface area contributed by atoms with Crippen molar-refractivity contribution in [1.82, 2.24) is 19.4 Å². The number of benzene rings is 1.